The van der Waals surface area contributed by atoms with Crippen LogP contribution in [-0.4, -0.2) is 16.1 Å². The fraction of sp³-hybridized carbons (Fsp3) is 0. The Kier molecular flexibility index (Phi) is 5.05. The Balaban J connectivity index is 2.14. The third-order valence-electron chi connectivity index (χ3n) is 4.58. The van der Waals surface area contributed by atoms with E-state index in [9.17, 15) is 9.59 Å². The number of rotatable bonds is 4. The molecule has 4 aromatic rings. The van der Waals surface area contributed by atoms with Crippen molar-refractivity contribution in [1.82, 2.24) is 9.78 Å². The lowest BCUT2D eigenvalue weighted by Crippen LogP contribution is -2.23. The lowest BCUT2D eigenvalue weighted by atomic mass is 10.0. The predicted molar refractivity (Wildman–Crippen MR) is 118 cm³/mol. The topological polar surface area (TPSA) is 52.0 Å². The zero-order valence-electron chi connectivity index (χ0n) is 15.1. The van der Waals surface area contributed by atoms with E-state index in [2.05, 4.69) is 11.7 Å². The maximum absolute atomic E-state index is 13.2. The average Bonchev–Trinajstić information content (AvgIpc) is 2.74. The van der Waals surface area contributed by atoms with E-state index < -0.39 is 0 Å². The van der Waals surface area contributed by atoms with Crippen molar-refractivity contribution >= 4 is 46.3 Å². The van der Waals surface area contributed by atoms with E-state index in [-0.39, 0.29) is 5.56 Å². The third-order valence-corrected chi connectivity index (χ3v) is 5.19. The normalized spacial score (nSPS) is 10.8. The van der Waals surface area contributed by atoms with Gasteiger partial charge in [0.2, 0.25) is 0 Å². The number of fused-ring (bicyclic) bond motifs is 1. The molecule has 0 N–H and O–H groups in total. The molecular formula is C23H14Cl2N2O2. The lowest BCUT2D eigenvalue weighted by Gasteiger charge is -2.14. The number of para-hydroxylation sites is 1. The van der Waals surface area contributed by atoms with Crippen LogP contribution >= 0.6 is 23.2 Å². The summed E-state index contributed by atoms with van der Waals surface area (Å²) in [6.45, 7) is 3.78. The second-order valence-corrected chi connectivity index (χ2v) is 7.21. The van der Waals surface area contributed by atoms with Crippen molar-refractivity contribution in [3.63, 3.8) is 0 Å². The van der Waals surface area contributed by atoms with Gasteiger partial charge >= 0.3 is 0 Å². The summed E-state index contributed by atoms with van der Waals surface area (Å²) in [5.41, 5.74) is 2.43. The molecule has 0 radical (unpaired) electrons. The van der Waals surface area contributed by atoms with Gasteiger partial charge in [-0.15, -0.1) is 0 Å². The van der Waals surface area contributed by atoms with Gasteiger partial charge in [-0.3, -0.25) is 9.59 Å². The van der Waals surface area contributed by atoms with E-state index in [1.165, 1.54) is 4.68 Å². The summed E-state index contributed by atoms with van der Waals surface area (Å²) in [4.78, 5) is 24.6. The standard InChI is InChI=1S/C23H14Cl2N2O2/c1-2-14-10-15(13-28)12-16(11-14)21-17-6-3-4-7-18(17)23(29)27(26-21)22-19(24)8-5-9-20(22)25/h2-13H,1H2. The van der Waals surface area contributed by atoms with Crippen molar-refractivity contribution < 1.29 is 4.79 Å². The number of benzene rings is 3. The van der Waals surface area contributed by atoms with E-state index in [1.807, 2.05) is 18.2 Å². The third kappa shape index (κ3) is 3.37. The maximum atomic E-state index is 13.2. The highest BCUT2D eigenvalue weighted by Crippen LogP contribution is 2.31. The van der Waals surface area contributed by atoms with Gasteiger partial charge in [0.15, 0.2) is 0 Å². The highest BCUT2D eigenvalue weighted by molar-refractivity contribution is 6.37. The van der Waals surface area contributed by atoms with Gasteiger partial charge in [0.05, 0.1) is 21.1 Å². The molecule has 29 heavy (non-hydrogen) atoms. The number of hydrogen-bond acceptors (Lipinski definition) is 3. The van der Waals surface area contributed by atoms with Crippen LogP contribution < -0.4 is 5.56 Å². The molecule has 6 heteroatoms. The van der Waals surface area contributed by atoms with Crippen LogP contribution in [0.4, 0.5) is 0 Å². The van der Waals surface area contributed by atoms with Crippen LogP contribution in [-0.2, 0) is 0 Å². The Bertz CT molecular complexity index is 1300. The van der Waals surface area contributed by atoms with Crippen LogP contribution in [0.2, 0.25) is 10.0 Å². The van der Waals surface area contributed by atoms with Gasteiger partial charge < -0.3 is 0 Å². The zero-order chi connectivity index (χ0) is 20.5. The number of aldehydes is 1. The Morgan fingerprint density at radius 2 is 1.55 bits per heavy atom. The van der Waals surface area contributed by atoms with Crippen LogP contribution in [0.15, 0.2) is 72.0 Å². The molecule has 0 aliphatic carbocycles. The molecule has 0 spiro atoms. The molecule has 0 bridgehead atoms. The van der Waals surface area contributed by atoms with Crippen molar-refractivity contribution in [2.24, 2.45) is 0 Å². The van der Waals surface area contributed by atoms with Gasteiger partial charge in [0.25, 0.3) is 5.56 Å². The summed E-state index contributed by atoms with van der Waals surface area (Å²) in [7, 11) is 0. The largest absolute Gasteiger partial charge is 0.298 e. The molecule has 0 aliphatic rings. The van der Waals surface area contributed by atoms with Crippen molar-refractivity contribution in [2.45, 2.75) is 0 Å². The predicted octanol–water partition coefficient (Wildman–Crippen LogP) is 5.82. The second-order valence-electron chi connectivity index (χ2n) is 6.39. The van der Waals surface area contributed by atoms with Crippen LogP contribution in [0, 0.1) is 0 Å². The summed E-state index contributed by atoms with van der Waals surface area (Å²) in [5, 5.41) is 6.34. The second kappa shape index (κ2) is 7.66. The Labute approximate surface area is 176 Å². The first-order chi connectivity index (χ1) is 14.0. The molecule has 0 saturated heterocycles. The van der Waals surface area contributed by atoms with E-state index in [1.54, 1.807) is 48.5 Å². The van der Waals surface area contributed by atoms with E-state index in [4.69, 9.17) is 23.2 Å². The van der Waals surface area contributed by atoms with E-state index in [0.29, 0.717) is 43.3 Å². The van der Waals surface area contributed by atoms with Crippen LogP contribution in [0.1, 0.15) is 15.9 Å². The molecule has 1 heterocycles. The van der Waals surface area contributed by atoms with Crippen molar-refractivity contribution in [3.05, 3.63) is 98.8 Å². The Morgan fingerprint density at radius 1 is 0.897 bits per heavy atom. The molecule has 0 unspecified atom stereocenters. The quantitative estimate of drug-likeness (QED) is 0.391. The first-order valence-electron chi connectivity index (χ1n) is 8.73. The minimum atomic E-state index is -0.338. The summed E-state index contributed by atoms with van der Waals surface area (Å²) < 4.78 is 1.21. The summed E-state index contributed by atoms with van der Waals surface area (Å²) in [6, 6.07) is 17.5. The molecule has 142 valence electrons. The SMILES string of the molecule is C=Cc1cc(C=O)cc(-c2nn(-c3c(Cl)cccc3Cl)c(=O)c3ccccc23)c1. The molecule has 3 aromatic carbocycles. The first-order valence-corrected chi connectivity index (χ1v) is 9.48. The highest BCUT2D eigenvalue weighted by atomic mass is 35.5. The summed E-state index contributed by atoms with van der Waals surface area (Å²) >= 11 is 12.7. The van der Waals surface area contributed by atoms with Gasteiger partial charge in [0, 0.05) is 16.5 Å². The van der Waals surface area contributed by atoms with Crippen LogP contribution in [0.5, 0.6) is 0 Å². The van der Waals surface area contributed by atoms with Gasteiger partial charge in [-0.1, -0.05) is 60.1 Å². The number of carbonyl (C=O) groups is 1. The van der Waals surface area contributed by atoms with Gasteiger partial charge in [-0.25, -0.2) is 0 Å². The first kappa shape index (κ1) is 19.1. The fourth-order valence-electron chi connectivity index (χ4n) is 3.24. The molecule has 0 amide bonds. The van der Waals surface area contributed by atoms with Gasteiger partial charge in [-0.05, 0) is 42.0 Å². The molecule has 0 fully saturated rings. The average molecular weight is 421 g/mol. The van der Waals surface area contributed by atoms with Crippen LogP contribution in [0.25, 0.3) is 33.8 Å². The van der Waals surface area contributed by atoms with E-state index >= 15 is 0 Å². The van der Waals surface area contributed by atoms with Crippen LogP contribution in [0.3, 0.4) is 0 Å². The number of carbonyl (C=O) groups excluding carboxylic acids is 1. The van der Waals surface area contributed by atoms with Gasteiger partial charge in [-0.2, -0.15) is 9.78 Å². The minimum Gasteiger partial charge on any atom is -0.298 e. The number of halogens is 2. The van der Waals surface area contributed by atoms with Crippen molar-refractivity contribution in [1.29, 1.82) is 0 Å². The molecule has 0 atom stereocenters. The van der Waals surface area contributed by atoms with Gasteiger partial charge in [0.1, 0.15) is 12.0 Å². The van der Waals surface area contributed by atoms with E-state index in [0.717, 1.165) is 11.8 Å². The minimum absolute atomic E-state index is 0.307. The zero-order valence-corrected chi connectivity index (χ0v) is 16.6. The van der Waals surface area contributed by atoms with Crippen molar-refractivity contribution in [2.75, 3.05) is 0 Å². The molecule has 4 nitrogen and oxygen atoms in total. The van der Waals surface area contributed by atoms with Crippen molar-refractivity contribution in [3.8, 4) is 16.9 Å². The Morgan fingerprint density at radius 3 is 2.21 bits per heavy atom. The molecule has 4 rings (SSSR count). The number of hydrogen-bond donors (Lipinski definition) is 0. The number of aromatic nitrogens is 2. The number of nitrogens with zero attached hydrogens (tertiary/aromatic N) is 2. The fourth-order valence-corrected chi connectivity index (χ4v) is 3.80. The Hall–Kier alpha value is -3.21. The molecule has 0 saturated carbocycles. The maximum Gasteiger partial charge on any atom is 0.279 e. The summed E-state index contributed by atoms with van der Waals surface area (Å²) in [5.74, 6) is 0. The molecule has 0 aliphatic heterocycles. The smallest absolute Gasteiger partial charge is 0.279 e. The summed E-state index contributed by atoms with van der Waals surface area (Å²) in [6.07, 6.45) is 2.42. The highest BCUT2D eigenvalue weighted by Gasteiger charge is 2.17. The molecule has 1 aromatic heterocycles. The lowest BCUT2D eigenvalue weighted by molar-refractivity contribution is 0.112. The monoisotopic (exact) mass is 420 g/mol. The molecular weight excluding hydrogens is 407 g/mol.